The van der Waals surface area contributed by atoms with Crippen LogP contribution in [0.3, 0.4) is 0 Å². The number of hydrogen-bond donors (Lipinski definition) is 1. The molecule has 0 aliphatic heterocycles. The van der Waals surface area contributed by atoms with Gasteiger partial charge in [-0.2, -0.15) is 0 Å². The molecule has 2 aromatic carbocycles. The zero-order valence-electron chi connectivity index (χ0n) is 13.5. The lowest BCUT2D eigenvalue weighted by atomic mass is 10.1. The molecule has 5 nitrogen and oxygen atoms in total. The van der Waals surface area contributed by atoms with Gasteiger partial charge in [-0.05, 0) is 36.8 Å². The minimum absolute atomic E-state index is 0.133. The standard InChI is InChI=1S/C19H17N3O2/c1-13-6-3-4-9-16(13)19(23)20-15-8-5-7-14(12-15)17-10-11-18(24-2)22-21-17/h3-12H,1-2H3,(H,20,23). The number of aromatic nitrogens is 2. The molecule has 0 unspecified atom stereocenters. The first-order valence-corrected chi connectivity index (χ1v) is 7.52. The number of hydrogen-bond acceptors (Lipinski definition) is 4. The van der Waals surface area contributed by atoms with E-state index in [1.54, 1.807) is 13.2 Å². The molecule has 0 saturated carbocycles. The summed E-state index contributed by atoms with van der Waals surface area (Å²) in [6, 6.07) is 18.6. The number of nitrogens with one attached hydrogen (secondary N) is 1. The topological polar surface area (TPSA) is 64.1 Å². The van der Waals surface area contributed by atoms with E-state index in [9.17, 15) is 4.79 Å². The van der Waals surface area contributed by atoms with Crippen molar-refractivity contribution in [3.05, 3.63) is 71.8 Å². The Kier molecular flexibility index (Phi) is 4.52. The van der Waals surface area contributed by atoms with Gasteiger partial charge in [-0.25, -0.2) is 0 Å². The minimum atomic E-state index is -0.133. The van der Waals surface area contributed by atoms with E-state index >= 15 is 0 Å². The number of carbonyl (C=O) groups is 1. The second-order valence-electron chi connectivity index (χ2n) is 5.31. The van der Waals surface area contributed by atoms with Crippen LogP contribution < -0.4 is 10.1 Å². The van der Waals surface area contributed by atoms with Gasteiger partial charge in [0.15, 0.2) is 0 Å². The maximum absolute atomic E-state index is 12.4. The van der Waals surface area contributed by atoms with Crippen molar-refractivity contribution < 1.29 is 9.53 Å². The monoisotopic (exact) mass is 319 g/mol. The molecule has 5 heteroatoms. The zero-order chi connectivity index (χ0) is 16.9. The average molecular weight is 319 g/mol. The van der Waals surface area contributed by atoms with Crippen molar-refractivity contribution in [3.63, 3.8) is 0 Å². The van der Waals surface area contributed by atoms with E-state index < -0.39 is 0 Å². The number of ether oxygens (including phenoxy) is 1. The van der Waals surface area contributed by atoms with E-state index in [0.717, 1.165) is 11.1 Å². The number of amides is 1. The molecule has 0 aliphatic carbocycles. The largest absolute Gasteiger partial charge is 0.480 e. The lowest BCUT2D eigenvalue weighted by Gasteiger charge is -2.09. The van der Waals surface area contributed by atoms with E-state index in [4.69, 9.17) is 4.74 Å². The van der Waals surface area contributed by atoms with Crippen LogP contribution in [0.15, 0.2) is 60.7 Å². The van der Waals surface area contributed by atoms with Crippen molar-refractivity contribution in [2.75, 3.05) is 12.4 Å². The Bertz CT molecular complexity index is 860. The van der Waals surface area contributed by atoms with Crippen molar-refractivity contribution in [1.29, 1.82) is 0 Å². The second kappa shape index (κ2) is 6.91. The first kappa shape index (κ1) is 15.7. The predicted molar refractivity (Wildman–Crippen MR) is 93.2 cm³/mol. The first-order chi connectivity index (χ1) is 11.7. The van der Waals surface area contributed by atoms with Gasteiger partial charge < -0.3 is 10.1 Å². The Balaban J connectivity index is 1.82. The van der Waals surface area contributed by atoms with Crippen LogP contribution in [0.25, 0.3) is 11.3 Å². The highest BCUT2D eigenvalue weighted by Crippen LogP contribution is 2.22. The van der Waals surface area contributed by atoms with Crippen LogP contribution in [0.2, 0.25) is 0 Å². The highest BCUT2D eigenvalue weighted by atomic mass is 16.5. The number of nitrogens with zero attached hydrogens (tertiary/aromatic N) is 2. The molecule has 0 atom stereocenters. The van der Waals surface area contributed by atoms with Gasteiger partial charge in [0.05, 0.1) is 12.8 Å². The van der Waals surface area contributed by atoms with Crippen molar-refractivity contribution in [2.24, 2.45) is 0 Å². The number of benzene rings is 2. The predicted octanol–water partition coefficient (Wildman–Crippen LogP) is 3.71. The lowest BCUT2D eigenvalue weighted by molar-refractivity contribution is 0.102. The summed E-state index contributed by atoms with van der Waals surface area (Å²) >= 11 is 0. The van der Waals surface area contributed by atoms with Gasteiger partial charge in [0.1, 0.15) is 0 Å². The lowest BCUT2D eigenvalue weighted by Crippen LogP contribution is -2.13. The molecule has 1 aromatic heterocycles. The van der Waals surface area contributed by atoms with Crippen molar-refractivity contribution in [2.45, 2.75) is 6.92 Å². The summed E-state index contributed by atoms with van der Waals surface area (Å²) in [5, 5.41) is 11.0. The molecule has 1 heterocycles. The third kappa shape index (κ3) is 3.41. The second-order valence-corrected chi connectivity index (χ2v) is 5.31. The molecule has 0 radical (unpaired) electrons. The van der Waals surface area contributed by atoms with Crippen LogP contribution in [0.1, 0.15) is 15.9 Å². The fourth-order valence-electron chi connectivity index (χ4n) is 2.37. The van der Waals surface area contributed by atoms with Gasteiger partial charge in [-0.1, -0.05) is 30.3 Å². The molecule has 0 saturated heterocycles. The van der Waals surface area contributed by atoms with Gasteiger partial charge in [0.25, 0.3) is 5.91 Å². The van der Waals surface area contributed by atoms with Crippen molar-refractivity contribution >= 4 is 11.6 Å². The molecule has 0 fully saturated rings. The van der Waals surface area contributed by atoms with E-state index in [-0.39, 0.29) is 5.91 Å². The van der Waals surface area contributed by atoms with Crippen LogP contribution in [0, 0.1) is 6.92 Å². The Morgan fingerprint density at radius 1 is 1.00 bits per heavy atom. The summed E-state index contributed by atoms with van der Waals surface area (Å²) in [7, 11) is 1.55. The van der Waals surface area contributed by atoms with Crippen LogP contribution >= 0.6 is 0 Å². The molecule has 24 heavy (non-hydrogen) atoms. The highest BCUT2D eigenvalue weighted by molar-refractivity contribution is 6.05. The first-order valence-electron chi connectivity index (χ1n) is 7.52. The van der Waals surface area contributed by atoms with E-state index in [2.05, 4.69) is 15.5 Å². The fraction of sp³-hybridized carbons (Fsp3) is 0.105. The maximum atomic E-state index is 12.4. The van der Waals surface area contributed by atoms with Gasteiger partial charge in [-0.3, -0.25) is 4.79 Å². The van der Waals surface area contributed by atoms with Gasteiger partial charge >= 0.3 is 0 Å². The molecule has 1 amide bonds. The molecular formula is C19H17N3O2. The zero-order valence-corrected chi connectivity index (χ0v) is 13.5. The van der Waals surface area contributed by atoms with Crippen LogP contribution in [0.4, 0.5) is 5.69 Å². The van der Waals surface area contributed by atoms with Gasteiger partial charge in [0.2, 0.25) is 5.88 Å². The number of rotatable bonds is 4. The summed E-state index contributed by atoms with van der Waals surface area (Å²) in [5.41, 5.74) is 3.88. The number of methoxy groups -OCH3 is 1. The van der Waals surface area contributed by atoms with Crippen molar-refractivity contribution in [1.82, 2.24) is 10.2 Å². The quantitative estimate of drug-likeness (QED) is 0.796. The Morgan fingerprint density at radius 3 is 2.54 bits per heavy atom. The third-order valence-corrected chi connectivity index (χ3v) is 3.66. The van der Waals surface area contributed by atoms with E-state index in [0.29, 0.717) is 22.8 Å². The molecule has 1 N–H and O–H groups in total. The fourth-order valence-corrected chi connectivity index (χ4v) is 2.37. The van der Waals surface area contributed by atoms with Crippen LogP contribution in [-0.4, -0.2) is 23.2 Å². The number of aryl methyl sites for hydroxylation is 1. The van der Waals surface area contributed by atoms with E-state index in [1.807, 2.05) is 61.5 Å². The van der Waals surface area contributed by atoms with E-state index in [1.165, 1.54) is 0 Å². The highest BCUT2D eigenvalue weighted by Gasteiger charge is 2.09. The summed E-state index contributed by atoms with van der Waals surface area (Å²) in [6.45, 7) is 1.91. The smallest absolute Gasteiger partial charge is 0.255 e. The Hall–Kier alpha value is -3.21. The summed E-state index contributed by atoms with van der Waals surface area (Å²) in [5.74, 6) is 0.328. The number of carbonyl (C=O) groups excluding carboxylic acids is 1. The molecule has 0 bridgehead atoms. The molecule has 120 valence electrons. The SMILES string of the molecule is COc1ccc(-c2cccc(NC(=O)c3ccccc3C)c2)nn1. The normalized spacial score (nSPS) is 10.2. The van der Waals surface area contributed by atoms with Crippen molar-refractivity contribution in [3.8, 4) is 17.1 Å². The maximum Gasteiger partial charge on any atom is 0.255 e. The summed E-state index contributed by atoms with van der Waals surface area (Å²) in [4.78, 5) is 12.4. The van der Waals surface area contributed by atoms with Crippen LogP contribution in [-0.2, 0) is 0 Å². The van der Waals surface area contributed by atoms with Crippen LogP contribution in [0.5, 0.6) is 5.88 Å². The molecule has 0 aliphatic rings. The third-order valence-electron chi connectivity index (χ3n) is 3.66. The average Bonchev–Trinajstić information content (AvgIpc) is 2.62. The summed E-state index contributed by atoms with van der Waals surface area (Å²) < 4.78 is 5.01. The molecule has 3 rings (SSSR count). The Morgan fingerprint density at radius 2 is 1.83 bits per heavy atom. The molecular weight excluding hydrogens is 302 g/mol. The Labute approximate surface area is 140 Å². The minimum Gasteiger partial charge on any atom is -0.480 e. The molecule has 0 spiro atoms. The van der Waals surface area contributed by atoms with Gasteiger partial charge in [-0.15, -0.1) is 10.2 Å². The molecule has 3 aromatic rings. The van der Waals surface area contributed by atoms with Gasteiger partial charge in [0, 0.05) is 22.9 Å². The number of anilines is 1. The summed E-state index contributed by atoms with van der Waals surface area (Å²) in [6.07, 6.45) is 0.